The predicted octanol–water partition coefficient (Wildman–Crippen LogP) is 1.32. The zero-order valence-corrected chi connectivity index (χ0v) is 12.9. The lowest BCUT2D eigenvalue weighted by Crippen LogP contribution is -2.36. The molecule has 0 heterocycles. The number of anilines is 1. The molecule has 0 radical (unpaired) electrons. The zero-order chi connectivity index (χ0) is 15.7. The minimum absolute atomic E-state index is 0.00913. The maximum atomic E-state index is 13.5. The highest BCUT2D eigenvalue weighted by molar-refractivity contribution is 7.89. The quantitative estimate of drug-likeness (QED) is 0.715. The first kappa shape index (κ1) is 16.9. The fraction of sp³-hybridized carbons (Fsp3) is 0.538. The van der Waals surface area contributed by atoms with Gasteiger partial charge in [-0.05, 0) is 31.0 Å². The molecule has 1 aromatic carbocycles. The number of aliphatic hydroxyl groups is 1. The Labute approximate surface area is 119 Å². The highest BCUT2D eigenvalue weighted by Gasteiger charge is 2.26. The van der Waals surface area contributed by atoms with Crippen molar-refractivity contribution in [1.29, 1.82) is 0 Å². The zero-order valence-electron chi connectivity index (χ0n) is 12.1. The fourth-order valence-electron chi connectivity index (χ4n) is 1.76. The van der Waals surface area contributed by atoms with Crippen LogP contribution in [0.2, 0.25) is 0 Å². The molecular formula is C13H21FN2O3S. The summed E-state index contributed by atoms with van der Waals surface area (Å²) in [7, 11) is -3.81. The average Bonchev–Trinajstić information content (AvgIpc) is 2.34. The van der Waals surface area contributed by atoms with Gasteiger partial charge in [-0.1, -0.05) is 13.8 Å². The predicted molar refractivity (Wildman–Crippen MR) is 76.3 cm³/mol. The molecule has 0 fully saturated rings. The van der Waals surface area contributed by atoms with E-state index in [1.165, 1.54) is 13.8 Å². The number of nitrogens with one attached hydrogen (secondary N) is 1. The van der Waals surface area contributed by atoms with Gasteiger partial charge in [0.15, 0.2) is 0 Å². The first-order valence-electron chi connectivity index (χ1n) is 6.17. The van der Waals surface area contributed by atoms with Crippen LogP contribution in [0.3, 0.4) is 0 Å². The lowest BCUT2D eigenvalue weighted by atomic mass is 9.96. The van der Waals surface area contributed by atoms with Crippen LogP contribution in [0.25, 0.3) is 0 Å². The lowest BCUT2D eigenvalue weighted by molar-refractivity contribution is 0.163. The molecule has 0 saturated heterocycles. The monoisotopic (exact) mass is 304 g/mol. The Bertz CT molecular complexity index is 613. The molecule has 1 aromatic rings. The molecule has 1 rings (SSSR count). The Morgan fingerprint density at radius 1 is 1.40 bits per heavy atom. The SMILES string of the molecule is Cc1cc(F)c(N)c(C)c1S(=O)(=O)NCC(C)(C)CO. The summed E-state index contributed by atoms with van der Waals surface area (Å²) in [6, 6.07) is 1.11. The third-order valence-electron chi connectivity index (χ3n) is 3.14. The molecule has 0 bridgehead atoms. The maximum absolute atomic E-state index is 13.5. The number of halogens is 1. The summed E-state index contributed by atoms with van der Waals surface area (Å²) in [5.74, 6) is -0.630. The van der Waals surface area contributed by atoms with Crippen LogP contribution in [0.5, 0.6) is 0 Å². The number of nitrogen functional groups attached to an aromatic ring is 1. The molecule has 0 spiro atoms. The second kappa shape index (κ2) is 5.67. The molecule has 7 heteroatoms. The second-order valence-electron chi connectivity index (χ2n) is 5.69. The van der Waals surface area contributed by atoms with Crippen molar-refractivity contribution in [3.05, 3.63) is 23.0 Å². The molecule has 0 unspecified atom stereocenters. The smallest absolute Gasteiger partial charge is 0.241 e. The first-order valence-corrected chi connectivity index (χ1v) is 7.66. The standard InChI is InChI=1S/C13H21FN2O3S/c1-8-5-10(14)11(15)9(2)12(8)20(18,19)16-6-13(3,4)7-17/h5,16-17H,6-7,15H2,1-4H3. The maximum Gasteiger partial charge on any atom is 0.241 e. The Morgan fingerprint density at radius 2 is 1.95 bits per heavy atom. The molecule has 0 aromatic heterocycles. The van der Waals surface area contributed by atoms with Crippen molar-refractivity contribution in [3.63, 3.8) is 0 Å². The molecule has 114 valence electrons. The van der Waals surface area contributed by atoms with Crippen molar-refractivity contribution in [3.8, 4) is 0 Å². The van der Waals surface area contributed by atoms with E-state index in [9.17, 15) is 12.8 Å². The number of aryl methyl sites for hydroxylation is 1. The Kier molecular flexibility index (Phi) is 4.78. The van der Waals surface area contributed by atoms with Crippen molar-refractivity contribution in [2.24, 2.45) is 5.41 Å². The van der Waals surface area contributed by atoms with E-state index in [0.717, 1.165) is 6.07 Å². The van der Waals surface area contributed by atoms with Gasteiger partial charge >= 0.3 is 0 Å². The fourth-order valence-corrected chi connectivity index (χ4v) is 3.48. The second-order valence-corrected chi connectivity index (χ2v) is 7.39. The summed E-state index contributed by atoms with van der Waals surface area (Å²) < 4.78 is 40.6. The summed E-state index contributed by atoms with van der Waals surface area (Å²) in [5.41, 5.74) is 5.28. The molecule has 20 heavy (non-hydrogen) atoms. The number of aliphatic hydroxyl groups excluding tert-OH is 1. The summed E-state index contributed by atoms with van der Waals surface area (Å²) in [4.78, 5) is -0.00913. The van der Waals surface area contributed by atoms with E-state index in [2.05, 4.69) is 4.72 Å². The number of hydrogen-bond acceptors (Lipinski definition) is 4. The molecule has 0 atom stereocenters. The molecule has 4 N–H and O–H groups in total. The summed E-state index contributed by atoms with van der Waals surface area (Å²) in [6.45, 7) is 6.36. The molecule has 0 aliphatic rings. The first-order chi connectivity index (χ1) is 9.02. The third kappa shape index (κ3) is 3.47. The normalized spacial score (nSPS) is 12.7. The largest absolute Gasteiger partial charge is 0.396 e. The summed E-state index contributed by atoms with van der Waals surface area (Å²) in [5, 5.41) is 9.15. The number of nitrogens with two attached hydrogens (primary N) is 1. The molecule has 0 aliphatic heterocycles. The van der Waals surface area contributed by atoms with Gasteiger partial charge in [0.05, 0.1) is 10.6 Å². The van der Waals surface area contributed by atoms with Gasteiger partial charge in [0, 0.05) is 18.6 Å². The van der Waals surface area contributed by atoms with Gasteiger partial charge in [0.2, 0.25) is 10.0 Å². The third-order valence-corrected chi connectivity index (χ3v) is 4.83. The van der Waals surface area contributed by atoms with Crippen LogP contribution in [0, 0.1) is 25.1 Å². The van der Waals surface area contributed by atoms with E-state index in [-0.39, 0.29) is 29.3 Å². The van der Waals surface area contributed by atoms with Gasteiger partial charge in [-0.25, -0.2) is 17.5 Å². The number of sulfonamides is 1. The van der Waals surface area contributed by atoms with Gasteiger partial charge < -0.3 is 10.8 Å². The Balaban J connectivity index is 3.21. The molecule has 0 aliphatic carbocycles. The van der Waals surface area contributed by atoms with E-state index in [4.69, 9.17) is 10.8 Å². The molecule has 5 nitrogen and oxygen atoms in total. The van der Waals surface area contributed by atoms with E-state index >= 15 is 0 Å². The summed E-state index contributed by atoms with van der Waals surface area (Å²) >= 11 is 0. The highest BCUT2D eigenvalue weighted by Crippen LogP contribution is 2.27. The van der Waals surface area contributed by atoms with Crippen LogP contribution in [0.4, 0.5) is 10.1 Å². The highest BCUT2D eigenvalue weighted by atomic mass is 32.2. The number of hydrogen-bond donors (Lipinski definition) is 3. The molecular weight excluding hydrogens is 283 g/mol. The minimum atomic E-state index is -3.81. The van der Waals surface area contributed by atoms with E-state index in [0.29, 0.717) is 5.56 Å². The van der Waals surface area contributed by atoms with E-state index in [1.54, 1.807) is 13.8 Å². The van der Waals surface area contributed by atoms with E-state index < -0.39 is 21.3 Å². The van der Waals surface area contributed by atoms with Crippen LogP contribution in [0.1, 0.15) is 25.0 Å². The Hall–Kier alpha value is -1.18. The van der Waals surface area contributed by atoms with Crippen molar-refractivity contribution in [2.75, 3.05) is 18.9 Å². The molecule has 0 amide bonds. The number of benzene rings is 1. The van der Waals surface area contributed by atoms with Gasteiger partial charge in [0.25, 0.3) is 0 Å². The topological polar surface area (TPSA) is 92.4 Å². The van der Waals surface area contributed by atoms with Gasteiger partial charge in [-0.3, -0.25) is 0 Å². The Morgan fingerprint density at radius 3 is 2.45 bits per heavy atom. The van der Waals surface area contributed by atoms with Crippen LogP contribution in [-0.2, 0) is 10.0 Å². The van der Waals surface area contributed by atoms with Gasteiger partial charge in [-0.2, -0.15) is 0 Å². The van der Waals surface area contributed by atoms with Crippen LogP contribution < -0.4 is 10.5 Å². The van der Waals surface area contributed by atoms with Crippen LogP contribution in [0.15, 0.2) is 11.0 Å². The lowest BCUT2D eigenvalue weighted by Gasteiger charge is -2.23. The van der Waals surface area contributed by atoms with Crippen molar-refractivity contribution in [1.82, 2.24) is 4.72 Å². The number of rotatable bonds is 5. The van der Waals surface area contributed by atoms with Crippen LogP contribution in [-0.4, -0.2) is 26.7 Å². The van der Waals surface area contributed by atoms with Crippen molar-refractivity contribution >= 4 is 15.7 Å². The van der Waals surface area contributed by atoms with Gasteiger partial charge in [0.1, 0.15) is 5.82 Å². The van der Waals surface area contributed by atoms with Crippen molar-refractivity contribution in [2.45, 2.75) is 32.6 Å². The minimum Gasteiger partial charge on any atom is -0.396 e. The summed E-state index contributed by atoms with van der Waals surface area (Å²) in [6.07, 6.45) is 0. The van der Waals surface area contributed by atoms with Crippen molar-refractivity contribution < 1.29 is 17.9 Å². The average molecular weight is 304 g/mol. The van der Waals surface area contributed by atoms with E-state index in [1.807, 2.05) is 0 Å². The van der Waals surface area contributed by atoms with Gasteiger partial charge in [-0.15, -0.1) is 0 Å². The van der Waals surface area contributed by atoms with Crippen LogP contribution >= 0.6 is 0 Å². The molecule has 0 saturated carbocycles.